The van der Waals surface area contributed by atoms with Crippen molar-refractivity contribution in [2.45, 2.75) is 4.34 Å². The first kappa shape index (κ1) is 22.7. The van der Waals surface area contributed by atoms with Crippen LogP contribution in [0.1, 0.15) is 10.4 Å². The summed E-state index contributed by atoms with van der Waals surface area (Å²) in [4.78, 5) is 34.9. The Hall–Kier alpha value is -2.55. The average molecular weight is 459 g/mol. The van der Waals surface area contributed by atoms with Gasteiger partial charge in [-0.25, -0.2) is 8.42 Å². The van der Waals surface area contributed by atoms with Crippen molar-refractivity contribution in [2.24, 2.45) is 5.73 Å². The van der Waals surface area contributed by atoms with Gasteiger partial charge in [0.2, 0.25) is 32.9 Å². The number of carbonyl (C=O) groups is 3. The molecule has 156 valence electrons. The Morgan fingerprint density at radius 3 is 2.38 bits per heavy atom. The van der Waals surface area contributed by atoms with Crippen LogP contribution in [-0.2, 0) is 19.6 Å². The Kier molecular flexibility index (Phi) is 7.66. The summed E-state index contributed by atoms with van der Waals surface area (Å²) in [6, 6.07) is 6.14. The van der Waals surface area contributed by atoms with Crippen LogP contribution < -0.4 is 16.4 Å². The monoisotopic (exact) mass is 458 g/mol. The fraction of sp³-hybridized carbons (Fsp3) is 0.267. The van der Waals surface area contributed by atoms with Crippen molar-refractivity contribution < 1.29 is 22.8 Å². The third kappa shape index (κ3) is 7.41. The molecule has 2 aromatic rings. The van der Waals surface area contributed by atoms with E-state index in [0.717, 1.165) is 33.7 Å². The third-order valence-electron chi connectivity index (χ3n) is 3.37. The molecule has 0 unspecified atom stereocenters. The first-order valence-electron chi connectivity index (χ1n) is 7.92. The van der Waals surface area contributed by atoms with Gasteiger partial charge in [0.05, 0.1) is 18.6 Å². The molecule has 4 N–H and O–H groups in total. The number of nitrogens with two attached hydrogens (primary N) is 1. The van der Waals surface area contributed by atoms with E-state index in [1.54, 1.807) is 12.1 Å². The summed E-state index contributed by atoms with van der Waals surface area (Å²) < 4.78 is 24.0. The lowest BCUT2D eigenvalue weighted by Crippen LogP contribution is -2.34. The van der Waals surface area contributed by atoms with Gasteiger partial charge < -0.3 is 11.1 Å². The standard InChI is InChI=1S/C15H18N6O5S3/c1-21(29(2,25)26)7-11(22)18-14-19-20-15(28-14)27-8-12(23)17-10-5-3-9(4-6-10)13(16)24/h3-6H,7-8H2,1-2H3,(H2,16,24)(H,17,23)(H,18,19,22). The summed E-state index contributed by atoms with van der Waals surface area (Å²) in [5, 5.41) is 13.0. The summed E-state index contributed by atoms with van der Waals surface area (Å²) in [7, 11) is -2.18. The first-order valence-corrected chi connectivity index (χ1v) is 11.6. The van der Waals surface area contributed by atoms with Crippen molar-refractivity contribution >= 4 is 61.7 Å². The largest absolute Gasteiger partial charge is 0.366 e. The van der Waals surface area contributed by atoms with Crippen molar-refractivity contribution in [1.29, 1.82) is 0 Å². The van der Waals surface area contributed by atoms with Crippen LogP contribution in [0.3, 0.4) is 0 Å². The highest BCUT2D eigenvalue weighted by atomic mass is 32.2. The van der Waals surface area contributed by atoms with Crippen molar-refractivity contribution in [3.05, 3.63) is 29.8 Å². The molecule has 2 rings (SSSR count). The van der Waals surface area contributed by atoms with Crippen molar-refractivity contribution in [3.63, 3.8) is 0 Å². The molecule has 0 spiro atoms. The fourth-order valence-corrected chi connectivity index (χ4v) is 3.76. The van der Waals surface area contributed by atoms with Gasteiger partial charge in [0, 0.05) is 18.3 Å². The van der Waals surface area contributed by atoms with Gasteiger partial charge in [0.1, 0.15) is 0 Å². The van der Waals surface area contributed by atoms with Crippen LogP contribution >= 0.6 is 23.1 Å². The summed E-state index contributed by atoms with van der Waals surface area (Å²) in [6.45, 7) is -0.349. The number of aromatic nitrogens is 2. The molecule has 14 heteroatoms. The number of benzene rings is 1. The maximum absolute atomic E-state index is 12.0. The molecule has 1 aromatic heterocycles. The number of carbonyl (C=O) groups excluding carboxylic acids is 3. The van der Waals surface area contributed by atoms with E-state index in [0.29, 0.717) is 15.6 Å². The van der Waals surface area contributed by atoms with E-state index in [1.165, 1.54) is 19.2 Å². The maximum atomic E-state index is 12.0. The van der Waals surface area contributed by atoms with Crippen molar-refractivity contribution in [2.75, 3.05) is 36.2 Å². The Labute approximate surface area is 175 Å². The Morgan fingerprint density at radius 1 is 1.14 bits per heavy atom. The van der Waals surface area contributed by atoms with Gasteiger partial charge >= 0.3 is 0 Å². The molecule has 0 fully saturated rings. The van der Waals surface area contributed by atoms with E-state index >= 15 is 0 Å². The zero-order valence-electron chi connectivity index (χ0n) is 15.4. The Morgan fingerprint density at radius 2 is 1.79 bits per heavy atom. The maximum Gasteiger partial charge on any atom is 0.248 e. The summed E-state index contributed by atoms with van der Waals surface area (Å²) in [6.07, 6.45) is 0.997. The highest BCUT2D eigenvalue weighted by molar-refractivity contribution is 8.01. The summed E-state index contributed by atoms with van der Waals surface area (Å²) in [5.74, 6) is -1.35. The SMILES string of the molecule is CN(CC(=O)Nc1nnc(SCC(=O)Nc2ccc(C(N)=O)cc2)s1)S(C)(=O)=O. The van der Waals surface area contributed by atoms with Crippen LogP contribution in [0.5, 0.6) is 0 Å². The lowest BCUT2D eigenvalue weighted by Gasteiger charge is -2.12. The van der Waals surface area contributed by atoms with E-state index in [1.807, 2.05) is 0 Å². The molecule has 0 aliphatic rings. The molecular weight excluding hydrogens is 440 g/mol. The number of primary amides is 1. The molecule has 1 heterocycles. The molecule has 29 heavy (non-hydrogen) atoms. The van der Waals surface area contributed by atoms with E-state index < -0.39 is 21.8 Å². The third-order valence-corrected chi connectivity index (χ3v) is 6.60. The molecule has 0 aliphatic heterocycles. The van der Waals surface area contributed by atoms with Gasteiger partial charge in [0.25, 0.3) is 0 Å². The van der Waals surface area contributed by atoms with Gasteiger partial charge in [-0.05, 0) is 24.3 Å². The highest BCUT2D eigenvalue weighted by Crippen LogP contribution is 2.25. The lowest BCUT2D eigenvalue weighted by atomic mass is 10.2. The zero-order chi connectivity index (χ0) is 21.6. The molecule has 0 aliphatic carbocycles. The minimum atomic E-state index is -3.47. The smallest absolute Gasteiger partial charge is 0.248 e. The van der Waals surface area contributed by atoms with Crippen molar-refractivity contribution in [1.82, 2.24) is 14.5 Å². The average Bonchev–Trinajstić information content (AvgIpc) is 3.06. The molecule has 0 radical (unpaired) electrons. The number of likely N-dealkylation sites (N-methyl/N-ethyl adjacent to an activating group) is 1. The second-order valence-electron chi connectivity index (χ2n) is 5.72. The van der Waals surface area contributed by atoms with Gasteiger partial charge in [-0.2, -0.15) is 4.31 Å². The summed E-state index contributed by atoms with van der Waals surface area (Å²) >= 11 is 2.18. The van der Waals surface area contributed by atoms with Crippen LogP contribution in [0.4, 0.5) is 10.8 Å². The van der Waals surface area contributed by atoms with Crippen molar-refractivity contribution in [3.8, 4) is 0 Å². The minimum absolute atomic E-state index is 0.0525. The molecule has 0 saturated carbocycles. The normalized spacial score (nSPS) is 11.3. The van der Waals surface area contributed by atoms with Gasteiger partial charge in [0.15, 0.2) is 4.34 Å². The van der Waals surface area contributed by atoms with E-state index in [4.69, 9.17) is 5.73 Å². The molecule has 1 aromatic carbocycles. The zero-order valence-corrected chi connectivity index (χ0v) is 17.9. The fourth-order valence-electron chi connectivity index (χ4n) is 1.84. The molecule has 0 bridgehead atoms. The Balaban J connectivity index is 1.81. The topological polar surface area (TPSA) is 164 Å². The molecular formula is C15H18N6O5S3. The van der Waals surface area contributed by atoms with E-state index in [9.17, 15) is 22.8 Å². The quantitative estimate of drug-likeness (QED) is 0.354. The van der Waals surface area contributed by atoms with Crippen LogP contribution in [0.25, 0.3) is 0 Å². The highest BCUT2D eigenvalue weighted by Gasteiger charge is 2.17. The van der Waals surface area contributed by atoms with E-state index in [2.05, 4.69) is 20.8 Å². The Bertz CT molecular complexity index is 1010. The number of thioether (sulfide) groups is 1. The van der Waals surface area contributed by atoms with Gasteiger partial charge in [-0.15, -0.1) is 10.2 Å². The summed E-state index contributed by atoms with van der Waals surface area (Å²) in [5.41, 5.74) is 6.01. The first-order chi connectivity index (χ1) is 13.5. The number of amides is 3. The van der Waals surface area contributed by atoms with Crippen LogP contribution in [0.2, 0.25) is 0 Å². The second-order valence-corrected chi connectivity index (χ2v) is 10.0. The van der Waals surface area contributed by atoms with Crippen LogP contribution in [-0.4, -0.2) is 66.2 Å². The van der Waals surface area contributed by atoms with Crippen LogP contribution in [0.15, 0.2) is 28.6 Å². The second kappa shape index (κ2) is 9.78. The molecule has 3 amide bonds. The molecule has 0 atom stereocenters. The number of hydrogen-bond acceptors (Lipinski definition) is 9. The number of rotatable bonds is 9. The van der Waals surface area contributed by atoms with Gasteiger partial charge in [-0.1, -0.05) is 23.1 Å². The number of nitrogens with zero attached hydrogens (tertiary/aromatic N) is 3. The molecule has 11 nitrogen and oxygen atoms in total. The number of sulfonamides is 1. The number of nitrogens with one attached hydrogen (secondary N) is 2. The number of anilines is 2. The van der Waals surface area contributed by atoms with Gasteiger partial charge in [-0.3, -0.25) is 19.7 Å². The lowest BCUT2D eigenvalue weighted by molar-refractivity contribution is -0.116. The number of hydrogen-bond donors (Lipinski definition) is 3. The van der Waals surface area contributed by atoms with Crippen LogP contribution in [0, 0.1) is 0 Å². The minimum Gasteiger partial charge on any atom is -0.366 e. The predicted octanol–water partition coefficient (Wildman–Crippen LogP) is 0.198. The molecule has 0 saturated heterocycles. The van der Waals surface area contributed by atoms with E-state index in [-0.39, 0.29) is 23.3 Å². The predicted molar refractivity (Wildman–Crippen MR) is 110 cm³/mol.